The number of halogens is 1. The number of rotatable bonds is 5. The van der Waals surface area contributed by atoms with Crippen molar-refractivity contribution < 1.29 is 0 Å². The van der Waals surface area contributed by atoms with E-state index in [4.69, 9.17) is 11.6 Å². The van der Waals surface area contributed by atoms with Crippen molar-refractivity contribution in [1.29, 1.82) is 0 Å². The maximum atomic E-state index is 6.22. The minimum Gasteiger partial charge on any atom is -0.355 e. The minimum absolute atomic E-state index is 0.536. The van der Waals surface area contributed by atoms with E-state index in [0.29, 0.717) is 6.04 Å². The first-order valence-corrected chi connectivity index (χ1v) is 7.76. The minimum atomic E-state index is 0.536. The van der Waals surface area contributed by atoms with Crippen LogP contribution in [-0.2, 0) is 6.54 Å². The van der Waals surface area contributed by atoms with Crippen molar-refractivity contribution in [3.05, 3.63) is 22.8 Å². The lowest BCUT2D eigenvalue weighted by Gasteiger charge is -2.36. The van der Waals surface area contributed by atoms with E-state index in [9.17, 15) is 0 Å². The average molecular weight is 297 g/mol. The fraction of sp³-hybridized carbons (Fsp3) is 0.667. The number of aromatic nitrogens is 1. The number of nitrogens with zero attached hydrogens (tertiary/aromatic N) is 3. The zero-order valence-electron chi connectivity index (χ0n) is 12.7. The average Bonchev–Trinajstić information content (AvgIpc) is 2.45. The van der Waals surface area contributed by atoms with Crippen LogP contribution in [0.3, 0.4) is 0 Å². The second kappa shape index (κ2) is 7.25. The first-order valence-electron chi connectivity index (χ1n) is 7.38. The van der Waals surface area contributed by atoms with Gasteiger partial charge in [0.15, 0.2) is 0 Å². The van der Waals surface area contributed by atoms with E-state index in [-0.39, 0.29) is 0 Å². The van der Waals surface area contributed by atoms with Crippen LogP contribution in [-0.4, -0.2) is 49.7 Å². The quantitative estimate of drug-likeness (QED) is 0.904. The highest BCUT2D eigenvalue weighted by Crippen LogP contribution is 2.23. The highest BCUT2D eigenvalue weighted by Gasteiger charge is 2.22. The van der Waals surface area contributed by atoms with Crippen molar-refractivity contribution in [2.24, 2.45) is 0 Å². The molecule has 0 radical (unpaired) electrons. The molecule has 0 amide bonds. The molecule has 1 N–H and O–H groups in total. The summed E-state index contributed by atoms with van der Waals surface area (Å²) < 4.78 is 0. The van der Waals surface area contributed by atoms with Crippen molar-refractivity contribution in [2.75, 3.05) is 38.6 Å². The molecule has 1 aliphatic rings. The van der Waals surface area contributed by atoms with Gasteiger partial charge in [-0.05, 0) is 44.6 Å². The molecule has 0 saturated carbocycles. The number of anilines is 1. The normalized spacial score (nSPS) is 20.1. The number of piperidine rings is 1. The third-order valence-electron chi connectivity index (χ3n) is 3.99. The largest absolute Gasteiger partial charge is 0.355 e. The lowest BCUT2D eigenvalue weighted by Crippen LogP contribution is -2.45. The molecular weight excluding hydrogens is 272 g/mol. The summed E-state index contributed by atoms with van der Waals surface area (Å²) in [5.41, 5.74) is 1.12. The molecule has 1 unspecified atom stereocenters. The summed E-state index contributed by atoms with van der Waals surface area (Å²) in [4.78, 5) is 9.18. The first-order chi connectivity index (χ1) is 9.61. The van der Waals surface area contributed by atoms with Crippen molar-refractivity contribution in [3.63, 3.8) is 0 Å². The van der Waals surface area contributed by atoms with Crippen LogP contribution in [0.4, 0.5) is 5.82 Å². The van der Waals surface area contributed by atoms with E-state index >= 15 is 0 Å². The van der Waals surface area contributed by atoms with Gasteiger partial charge < -0.3 is 15.1 Å². The molecule has 0 spiro atoms. The maximum absolute atomic E-state index is 6.22. The van der Waals surface area contributed by atoms with Gasteiger partial charge in [0, 0.05) is 32.4 Å². The van der Waals surface area contributed by atoms with Crippen LogP contribution in [0.1, 0.15) is 25.3 Å². The van der Waals surface area contributed by atoms with Gasteiger partial charge in [-0.1, -0.05) is 18.5 Å². The highest BCUT2D eigenvalue weighted by atomic mass is 35.5. The van der Waals surface area contributed by atoms with Crippen LogP contribution in [0, 0.1) is 0 Å². The highest BCUT2D eigenvalue weighted by molar-refractivity contribution is 6.31. The van der Waals surface area contributed by atoms with Crippen LogP contribution in [0.25, 0.3) is 0 Å². The summed E-state index contributed by atoms with van der Waals surface area (Å²) in [5.74, 6) is 1.02. The molecule has 20 heavy (non-hydrogen) atoms. The number of pyridine rings is 1. The van der Waals surface area contributed by atoms with Gasteiger partial charge in [0.2, 0.25) is 0 Å². The van der Waals surface area contributed by atoms with Crippen molar-refractivity contribution in [1.82, 2.24) is 15.2 Å². The number of hydrogen-bond donors (Lipinski definition) is 1. The second-order valence-electron chi connectivity index (χ2n) is 5.58. The third kappa shape index (κ3) is 3.84. The van der Waals surface area contributed by atoms with E-state index in [1.807, 2.05) is 0 Å². The molecule has 2 heterocycles. The number of likely N-dealkylation sites (N-methyl/N-ethyl adjacent to an activating group) is 2. The molecule has 2 rings (SSSR count). The Kier molecular flexibility index (Phi) is 5.64. The van der Waals surface area contributed by atoms with E-state index in [2.05, 4.69) is 47.2 Å². The molecule has 1 fully saturated rings. The predicted octanol–water partition coefficient (Wildman–Crippen LogP) is 2.37. The Morgan fingerprint density at radius 3 is 3.05 bits per heavy atom. The van der Waals surface area contributed by atoms with Crippen molar-refractivity contribution >= 4 is 17.4 Å². The SMILES string of the molecule is CCNCc1cc(N(C)C2CCCN(C)C2)ncc1Cl. The van der Waals surface area contributed by atoms with Crippen LogP contribution >= 0.6 is 11.6 Å². The molecule has 1 aliphatic heterocycles. The molecule has 0 aliphatic carbocycles. The molecular formula is C15H25ClN4. The maximum Gasteiger partial charge on any atom is 0.128 e. The molecule has 1 aromatic rings. The van der Waals surface area contributed by atoms with E-state index in [0.717, 1.165) is 36.0 Å². The Balaban J connectivity index is 2.10. The molecule has 112 valence electrons. The number of likely N-dealkylation sites (tertiary alicyclic amines) is 1. The molecule has 0 bridgehead atoms. The molecule has 1 aromatic heterocycles. The van der Waals surface area contributed by atoms with Gasteiger partial charge >= 0.3 is 0 Å². The van der Waals surface area contributed by atoms with Gasteiger partial charge in [-0.3, -0.25) is 0 Å². The number of nitrogens with one attached hydrogen (secondary N) is 1. The molecule has 1 saturated heterocycles. The van der Waals surface area contributed by atoms with E-state index in [1.165, 1.54) is 19.4 Å². The number of hydrogen-bond acceptors (Lipinski definition) is 4. The smallest absolute Gasteiger partial charge is 0.128 e. The zero-order chi connectivity index (χ0) is 14.5. The third-order valence-corrected chi connectivity index (χ3v) is 4.33. The van der Waals surface area contributed by atoms with E-state index < -0.39 is 0 Å². The van der Waals surface area contributed by atoms with Gasteiger partial charge in [0.1, 0.15) is 5.82 Å². The summed E-state index contributed by atoms with van der Waals surface area (Å²) in [6, 6.07) is 2.65. The zero-order valence-corrected chi connectivity index (χ0v) is 13.5. The van der Waals surface area contributed by atoms with Crippen molar-refractivity contribution in [2.45, 2.75) is 32.4 Å². The Morgan fingerprint density at radius 2 is 2.35 bits per heavy atom. The summed E-state index contributed by atoms with van der Waals surface area (Å²) in [6.07, 6.45) is 4.25. The molecule has 1 atom stereocenters. The summed E-state index contributed by atoms with van der Waals surface area (Å²) in [5, 5.41) is 4.06. The summed E-state index contributed by atoms with van der Waals surface area (Å²) in [7, 11) is 4.32. The molecule has 0 aromatic carbocycles. The van der Waals surface area contributed by atoms with Crippen LogP contribution in [0.5, 0.6) is 0 Å². The topological polar surface area (TPSA) is 31.4 Å². The summed E-state index contributed by atoms with van der Waals surface area (Å²) >= 11 is 6.22. The fourth-order valence-corrected chi connectivity index (χ4v) is 2.87. The Hall–Kier alpha value is -0.840. The van der Waals surface area contributed by atoms with Gasteiger partial charge in [-0.2, -0.15) is 0 Å². The lowest BCUT2D eigenvalue weighted by atomic mass is 10.0. The standard InChI is InChI=1S/C15H25ClN4/c1-4-17-9-12-8-15(18-10-14(12)16)20(3)13-6-5-7-19(2)11-13/h8,10,13,17H,4-7,9,11H2,1-3H3. The Morgan fingerprint density at radius 1 is 1.55 bits per heavy atom. The fourth-order valence-electron chi connectivity index (χ4n) is 2.70. The predicted molar refractivity (Wildman–Crippen MR) is 85.5 cm³/mol. The van der Waals surface area contributed by atoms with E-state index in [1.54, 1.807) is 6.20 Å². The lowest BCUT2D eigenvalue weighted by molar-refractivity contribution is 0.247. The second-order valence-corrected chi connectivity index (χ2v) is 5.99. The van der Waals surface area contributed by atoms with Crippen LogP contribution in [0.2, 0.25) is 5.02 Å². The molecule has 5 heteroatoms. The first kappa shape index (κ1) is 15.5. The summed E-state index contributed by atoms with van der Waals surface area (Å²) in [6.45, 7) is 6.13. The van der Waals surface area contributed by atoms with Gasteiger partial charge in [-0.25, -0.2) is 4.98 Å². The van der Waals surface area contributed by atoms with Crippen molar-refractivity contribution in [3.8, 4) is 0 Å². The van der Waals surface area contributed by atoms with Gasteiger partial charge in [0.05, 0.1) is 5.02 Å². The Labute approximate surface area is 127 Å². The van der Waals surface area contributed by atoms with Crippen LogP contribution < -0.4 is 10.2 Å². The van der Waals surface area contributed by atoms with Crippen LogP contribution in [0.15, 0.2) is 12.3 Å². The van der Waals surface area contributed by atoms with Gasteiger partial charge in [-0.15, -0.1) is 0 Å². The Bertz CT molecular complexity index is 438. The monoisotopic (exact) mass is 296 g/mol. The molecule has 4 nitrogen and oxygen atoms in total. The van der Waals surface area contributed by atoms with Gasteiger partial charge in [0.25, 0.3) is 0 Å².